The van der Waals surface area contributed by atoms with Gasteiger partial charge < -0.3 is 5.32 Å². The lowest BCUT2D eigenvalue weighted by atomic mass is 10.2. The van der Waals surface area contributed by atoms with Gasteiger partial charge in [0, 0.05) is 21.8 Å². The Kier molecular flexibility index (Phi) is 4.03. The normalized spacial score (nSPS) is 10.8. The van der Waals surface area contributed by atoms with Gasteiger partial charge in [0.2, 0.25) is 0 Å². The number of nitrogens with one attached hydrogen (secondary N) is 1. The van der Waals surface area contributed by atoms with E-state index in [9.17, 15) is 4.39 Å². The molecule has 0 saturated heterocycles. The minimum Gasteiger partial charge on any atom is -0.364 e. The van der Waals surface area contributed by atoms with Gasteiger partial charge in [0.25, 0.3) is 0 Å². The van der Waals surface area contributed by atoms with Crippen LogP contribution in [0.25, 0.3) is 10.8 Å². The summed E-state index contributed by atoms with van der Waals surface area (Å²) in [6.07, 6.45) is 0. The highest BCUT2D eigenvalue weighted by Gasteiger charge is 2.08. The average molecular weight is 367 g/mol. The molecule has 2 aromatic carbocycles. The molecule has 0 bridgehead atoms. The molecule has 0 aliphatic rings. The van der Waals surface area contributed by atoms with E-state index in [0.29, 0.717) is 17.5 Å². The first-order valence-corrected chi connectivity index (χ1v) is 7.41. The maximum absolute atomic E-state index is 13.3. The predicted molar refractivity (Wildman–Crippen MR) is 86.0 cm³/mol. The van der Waals surface area contributed by atoms with Crippen LogP contribution in [0.3, 0.4) is 0 Å². The van der Waals surface area contributed by atoms with E-state index in [1.807, 2.05) is 24.3 Å². The van der Waals surface area contributed by atoms with Gasteiger partial charge in [-0.05, 0) is 23.8 Å². The van der Waals surface area contributed by atoms with Crippen LogP contribution in [-0.2, 0) is 6.54 Å². The third-order valence-electron chi connectivity index (χ3n) is 3.10. The summed E-state index contributed by atoms with van der Waals surface area (Å²) in [5.41, 5.74) is 0.802. The highest BCUT2D eigenvalue weighted by Crippen LogP contribution is 2.26. The summed E-state index contributed by atoms with van der Waals surface area (Å²) in [5, 5.41) is 13.2. The second-order valence-corrected chi connectivity index (χ2v) is 5.69. The van der Waals surface area contributed by atoms with E-state index in [2.05, 4.69) is 31.4 Å². The molecule has 0 saturated carbocycles. The highest BCUT2D eigenvalue weighted by atomic mass is 79.9. The fourth-order valence-electron chi connectivity index (χ4n) is 2.06. The Morgan fingerprint density at radius 1 is 1.10 bits per heavy atom. The van der Waals surface area contributed by atoms with Gasteiger partial charge >= 0.3 is 0 Å². The maximum Gasteiger partial charge on any atom is 0.159 e. The zero-order valence-corrected chi connectivity index (χ0v) is 13.1. The molecule has 3 nitrogen and oxygen atoms in total. The largest absolute Gasteiger partial charge is 0.364 e. The number of anilines is 1. The van der Waals surface area contributed by atoms with Gasteiger partial charge in [-0.2, -0.15) is 0 Å². The van der Waals surface area contributed by atoms with E-state index < -0.39 is 0 Å². The van der Waals surface area contributed by atoms with Gasteiger partial charge in [-0.25, -0.2) is 4.39 Å². The van der Waals surface area contributed by atoms with Crippen molar-refractivity contribution in [1.82, 2.24) is 10.2 Å². The zero-order chi connectivity index (χ0) is 14.8. The standard InChI is InChI=1S/C15H10BrClFN3/c16-13-6-5-10(18)7-9(13)8-19-15-12-4-2-1-3-11(12)14(17)20-21-15/h1-7H,8H2,(H,19,21). The lowest BCUT2D eigenvalue weighted by Gasteiger charge is -2.10. The van der Waals surface area contributed by atoms with Crippen LogP contribution in [0.2, 0.25) is 5.15 Å². The van der Waals surface area contributed by atoms with Gasteiger partial charge in [0.15, 0.2) is 11.0 Å². The Balaban J connectivity index is 1.92. The fraction of sp³-hybridized carbons (Fsp3) is 0.0667. The first kappa shape index (κ1) is 14.2. The number of halogens is 3. The van der Waals surface area contributed by atoms with Crippen LogP contribution in [0.5, 0.6) is 0 Å². The molecule has 0 aliphatic carbocycles. The molecule has 1 N–H and O–H groups in total. The van der Waals surface area contributed by atoms with Gasteiger partial charge in [-0.3, -0.25) is 0 Å². The molecule has 3 rings (SSSR count). The van der Waals surface area contributed by atoms with Crippen molar-refractivity contribution in [3.63, 3.8) is 0 Å². The van der Waals surface area contributed by atoms with Crippen molar-refractivity contribution in [2.45, 2.75) is 6.54 Å². The summed E-state index contributed by atoms with van der Waals surface area (Å²) in [6, 6.07) is 12.2. The van der Waals surface area contributed by atoms with Gasteiger partial charge in [-0.1, -0.05) is 51.8 Å². The first-order valence-electron chi connectivity index (χ1n) is 6.24. The molecule has 106 valence electrons. The predicted octanol–water partition coefficient (Wildman–Crippen LogP) is 4.80. The lowest BCUT2D eigenvalue weighted by molar-refractivity contribution is 0.625. The van der Waals surface area contributed by atoms with Crippen LogP contribution >= 0.6 is 27.5 Å². The summed E-state index contributed by atoms with van der Waals surface area (Å²) < 4.78 is 14.1. The molecular formula is C15H10BrClFN3. The van der Waals surface area contributed by atoms with E-state index in [1.165, 1.54) is 12.1 Å². The Bertz CT molecular complexity index is 810. The minimum atomic E-state index is -0.276. The molecular weight excluding hydrogens is 357 g/mol. The summed E-state index contributed by atoms with van der Waals surface area (Å²) in [4.78, 5) is 0. The minimum absolute atomic E-state index is 0.276. The molecule has 1 heterocycles. The molecule has 0 radical (unpaired) electrons. The Labute approximate surface area is 134 Å². The number of aromatic nitrogens is 2. The Hall–Kier alpha value is -1.72. The summed E-state index contributed by atoms with van der Waals surface area (Å²) >= 11 is 9.44. The van der Waals surface area contributed by atoms with E-state index in [1.54, 1.807) is 6.07 Å². The van der Waals surface area contributed by atoms with Crippen molar-refractivity contribution in [2.75, 3.05) is 5.32 Å². The molecule has 3 aromatic rings. The maximum atomic E-state index is 13.3. The van der Waals surface area contributed by atoms with Crippen LogP contribution in [0, 0.1) is 5.82 Å². The number of benzene rings is 2. The molecule has 0 amide bonds. The number of fused-ring (bicyclic) bond motifs is 1. The van der Waals surface area contributed by atoms with Crippen LogP contribution in [0.4, 0.5) is 10.2 Å². The van der Waals surface area contributed by atoms with Crippen LogP contribution in [-0.4, -0.2) is 10.2 Å². The Morgan fingerprint density at radius 3 is 2.67 bits per heavy atom. The molecule has 0 spiro atoms. The molecule has 0 fully saturated rings. The second-order valence-electron chi connectivity index (χ2n) is 4.47. The Morgan fingerprint density at radius 2 is 1.86 bits per heavy atom. The topological polar surface area (TPSA) is 37.8 Å². The number of hydrogen-bond donors (Lipinski definition) is 1. The van der Waals surface area contributed by atoms with Gasteiger partial charge in [0.1, 0.15) is 5.82 Å². The van der Waals surface area contributed by atoms with Crippen molar-refractivity contribution >= 4 is 44.1 Å². The molecule has 6 heteroatoms. The third kappa shape index (κ3) is 2.99. The molecule has 0 atom stereocenters. The van der Waals surface area contributed by atoms with E-state index in [-0.39, 0.29) is 5.82 Å². The van der Waals surface area contributed by atoms with E-state index in [0.717, 1.165) is 20.8 Å². The average Bonchev–Trinajstić information content (AvgIpc) is 2.50. The van der Waals surface area contributed by atoms with Crippen molar-refractivity contribution in [1.29, 1.82) is 0 Å². The van der Waals surface area contributed by atoms with Crippen LogP contribution < -0.4 is 5.32 Å². The monoisotopic (exact) mass is 365 g/mol. The number of hydrogen-bond acceptors (Lipinski definition) is 3. The third-order valence-corrected chi connectivity index (χ3v) is 4.15. The first-order chi connectivity index (χ1) is 10.1. The molecule has 0 aliphatic heterocycles. The quantitative estimate of drug-likeness (QED) is 0.724. The fourth-order valence-corrected chi connectivity index (χ4v) is 2.65. The summed E-state index contributed by atoms with van der Waals surface area (Å²) in [5.74, 6) is 0.341. The van der Waals surface area contributed by atoms with E-state index in [4.69, 9.17) is 11.6 Å². The number of rotatable bonds is 3. The van der Waals surface area contributed by atoms with Gasteiger partial charge in [-0.15, -0.1) is 10.2 Å². The summed E-state index contributed by atoms with van der Waals surface area (Å²) in [7, 11) is 0. The van der Waals surface area contributed by atoms with Crippen molar-refractivity contribution < 1.29 is 4.39 Å². The summed E-state index contributed by atoms with van der Waals surface area (Å²) in [6.45, 7) is 0.429. The highest BCUT2D eigenvalue weighted by molar-refractivity contribution is 9.10. The zero-order valence-electron chi connectivity index (χ0n) is 10.8. The van der Waals surface area contributed by atoms with Crippen LogP contribution in [0.15, 0.2) is 46.9 Å². The number of nitrogens with zero attached hydrogens (tertiary/aromatic N) is 2. The van der Waals surface area contributed by atoms with Crippen LogP contribution in [0.1, 0.15) is 5.56 Å². The SMILES string of the molecule is Fc1ccc(Br)c(CNc2nnc(Cl)c3ccccc23)c1. The molecule has 0 unspecified atom stereocenters. The van der Waals surface area contributed by atoms with Crippen molar-refractivity contribution in [3.05, 3.63) is 63.5 Å². The van der Waals surface area contributed by atoms with Gasteiger partial charge in [0.05, 0.1) is 0 Å². The molecule has 21 heavy (non-hydrogen) atoms. The van der Waals surface area contributed by atoms with Crippen molar-refractivity contribution in [3.8, 4) is 0 Å². The van der Waals surface area contributed by atoms with Crippen molar-refractivity contribution in [2.24, 2.45) is 0 Å². The molecule has 1 aromatic heterocycles. The smallest absolute Gasteiger partial charge is 0.159 e. The van der Waals surface area contributed by atoms with E-state index >= 15 is 0 Å². The lowest BCUT2D eigenvalue weighted by Crippen LogP contribution is -2.04. The second kappa shape index (κ2) is 5.95.